The molecule has 0 bridgehead atoms. The lowest BCUT2D eigenvalue weighted by atomic mass is 10.2. The highest BCUT2D eigenvalue weighted by atomic mass is 32.1. The van der Waals surface area contributed by atoms with Gasteiger partial charge in [-0.3, -0.25) is 4.79 Å². The van der Waals surface area contributed by atoms with Crippen LogP contribution in [-0.4, -0.2) is 16.2 Å². The summed E-state index contributed by atoms with van der Waals surface area (Å²) < 4.78 is 0.766. The largest absolute Gasteiger partial charge is 0.338 e. The number of rotatable bonds is 2. The molecule has 0 saturated heterocycles. The fraction of sp³-hybridized carbons (Fsp3) is 0.0667. The van der Waals surface area contributed by atoms with E-state index in [2.05, 4.69) is 18.1 Å². The Morgan fingerprint density at radius 2 is 1.60 bits per heavy atom. The van der Waals surface area contributed by atoms with Crippen molar-refractivity contribution in [2.24, 2.45) is 0 Å². The Hall–Kier alpha value is -2.27. The molecule has 3 amide bonds. The van der Waals surface area contributed by atoms with Gasteiger partial charge in [0.2, 0.25) is 0 Å². The molecule has 0 saturated carbocycles. The topological polar surface area (TPSA) is 49.4 Å². The number of imide groups is 1. The molecule has 0 aliphatic carbocycles. The summed E-state index contributed by atoms with van der Waals surface area (Å²) in [6.45, 7) is 1.87. The van der Waals surface area contributed by atoms with Gasteiger partial charge in [-0.05, 0) is 30.7 Å². The summed E-state index contributed by atoms with van der Waals surface area (Å²) in [6, 6.07) is 15.3. The second-order valence-electron chi connectivity index (χ2n) is 4.23. The quantitative estimate of drug-likeness (QED) is 0.830. The van der Waals surface area contributed by atoms with Crippen LogP contribution in [0.1, 0.15) is 15.9 Å². The Morgan fingerprint density at radius 3 is 2.25 bits per heavy atom. The first-order chi connectivity index (χ1) is 9.59. The minimum absolute atomic E-state index is 0.405. The zero-order valence-corrected chi connectivity index (χ0v) is 11.8. The van der Waals surface area contributed by atoms with E-state index in [1.54, 1.807) is 36.4 Å². The number of amides is 3. The summed E-state index contributed by atoms with van der Waals surface area (Å²) in [5, 5.41) is 2.65. The number of nitrogens with one attached hydrogen (secondary N) is 1. The molecule has 0 spiro atoms. The van der Waals surface area contributed by atoms with Crippen LogP contribution in [-0.2, 0) is 0 Å². The van der Waals surface area contributed by atoms with Crippen LogP contribution in [0.2, 0.25) is 0 Å². The van der Waals surface area contributed by atoms with E-state index in [1.165, 1.54) is 0 Å². The second kappa shape index (κ2) is 6.25. The Morgan fingerprint density at radius 1 is 1.00 bits per heavy atom. The minimum atomic E-state index is -0.587. The monoisotopic (exact) mass is 286 g/mol. The highest BCUT2D eigenvalue weighted by Gasteiger charge is 2.19. The number of aryl methyl sites for hydroxylation is 1. The van der Waals surface area contributed by atoms with Crippen molar-refractivity contribution in [3.8, 4) is 0 Å². The molecule has 20 heavy (non-hydrogen) atoms. The highest BCUT2D eigenvalue weighted by Crippen LogP contribution is 2.15. The smallest absolute Gasteiger partial charge is 0.306 e. The maximum atomic E-state index is 12.0. The van der Waals surface area contributed by atoms with E-state index in [1.807, 2.05) is 25.1 Å². The lowest BCUT2D eigenvalue weighted by Gasteiger charge is -2.15. The van der Waals surface area contributed by atoms with Gasteiger partial charge in [-0.1, -0.05) is 49.2 Å². The van der Waals surface area contributed by atoms with Gasteiger partial charge >= 0.3 is 6.03 Å². The van der Waals surface area contributed by atoms with Crippen LogP contribution in [0, 0.1) is 6.92 Å². The van der Waals surface area contributed by atoms with Gasteiger partial charge in [0.05, 0.1) is 0 Å². The fourth-order valence-corrected chi connectivity index (χ4v) is 1.84. The Bertz CT molecular complexity index is 629. The molecule has 0 aliphatic heterocycles. The summed E-state index contributed by atoms with van der Waals surface area (Å²) in [4.78, 5) is 24.0. The van der Waals surface area contributed by atoms with E-state index < -0.39 is 11.9 Å². The molecule has 0 heterocycles. The predicted molar refractivity (Wildman–Crippen MR) is 81.8 cm³/mol. The van der Waals surface area contributed by atoms with Crippen molar-refractivity contribution in [1.29, 1.82) is 0 Å². The van der Waals surface area contributed by atoms with Crippen molar-refractivity contribution in [2.45, 2.75) is 6.92 Å². The predicted octanol–water partition coefficient (Wildman–Crippen LogP) is 3.51. The maximum Gasteiger partial charge on any atom is 0.338 e. The summed E-state index contributed by atoms with van der Waals surface area (Å²) >= 11 is 3.97. The van der Waals surface area contributed by atoms with E-state index in [-0.39, 0.29) is 0 Å². The van der Waals surface area contributed by atoms with Crippen LogP contribution in [0.25, 0.3) is 0 Å². The molecule has 0 aromatic heterocycles. The average Bonchev–Trinajstić information content (AvgIpc) is 2.49. The van der Waals surface area contributed by atoms with Crippen LogP contribution >= 0.6 is 12.8 Å². The third-order valence-corrected chi connectivity index (χ3v) is 3.16. The maximum absolute atomic E-state index is 12.0. The van der Waals surface area contributed by atoms with Crippen molar-refractivity contribution in [1.82, 2.24) is 4.31 Å². The second-order valence-corrected chi connectivity index (χ2v) is 4.63. The zero-order valence-electron chi connectivity index (χ0n) is 10.9. The highest BCUT2D eigenvalue weighted by molar-refractivity contribution is 7.79. The van der Waals surface area contributed by atoms with E-state index in [4.69, 9.17) is 0 Å². The molecule has 2 rings (SSSR count). The molecule has 1 N–H and O–H groups in total. The number of anilines is 1. The summed E-state index contributed by atoms with van der Waals surface area (Å²) in [5.41, 5.74) is 1.97. The van der Waals surface area contributed by atoms with Gasteiger partial charge in [-0.25, -0.2) is 9.10 Å². The lowest BCUT2D eigenvalue weighted by Crippen LogP contribution is -2.32. The van der Waals surface area contributed by atoms with E-state index in [0.717, 1.165) is 9.87 Å². The number of para-hydroxylation sites is 1. The summed E-state index contributed by atoms with van der Waals surface area (Å²) in [5.74, 6) is -0.472. The molecule has 0 fully saturated rings. The number of hydrogen-bond acceptors (Lipinski definition) is 3. The van der Waals surface area contributed by atoms with Gasteiger partial charge in [0.15, 0.2) is 0 Å². The average molecular weight is 286 g/mol. The first-order valence-corrected chi connectivity index (χ1v) is 6.44. The lowest BCUT2D eigenvalue weighted by molar-refractivity contribution is 0.0902. The SMILES string of the molecule is Cc1ccccc1NC(=O)N(S)C(=O)c1ccccc1. The van der Waals surface area contributed by atoms with Crippen molar-refractivity contribution in [2.75, 3.05) is 5.32 Å². The molecular formula is C15H14N2O2S. The molecule has 4 nitrogen and oxygen atoms in total. The summed E-state index contributed by atoms with van der Waals surface area (Å²) in [6.07, 6.45) is 0. The normalized spacial score (nSPS) is 9.90. The van der Waals surface area contributed by atoms with Gasteiger partial charge in [0, 0.05) is 11.3 Å². The third-order valence-electron chi connectivity index (χ3n) is 2.79. The van der Waals surface area contributed by atoms with Gasteiger partial charge < -0.3 is 5.32 Å². The van der Waals surface area contributed by atoms with Crippen molar-refractivity contribution in [3.05, 3.63) is 65.7 Å². The molecule has 0 radical (unpaired) electrons. The number of urea groups is 1. The standard InChI is InChI=1S/C15H14N2O2S/c1-11-7-5-6-10-13(11)16-15(19)17(20)14(18)12-8-3-2-4-9-12/h2-10,20H,1H3,(H,16,19). The number of carbonyl (C=O) groups is 2. The van der Waals surface area contributed by atoms with Crippen molar-refractivity contribution in [3.63, 3.8) is 0 Å². The van der Waals surface area contributed by atoms with Crippen LogP contribution in [0.3, 0.4) is 0 Å². The van der Waals surface area contributed by atoms with Crippen LogP contribution in [0.5, 0.6) is 0 Å². The number of thiol groups is 1. The fourth-order valence-electron chi connectivity index (χ4n) is 1.68. The van der Waals surface area contributed by atoms with Crippen molar-refractivity contribution >= 4 is 30.4 Å². The molecule has 0 atom stereocenters. The number of carbonyl (C=O) groups excluding carboxylic acids is 2. The molecule has 0 unspecified atom stereocenters. The first-order valence-electron chi connectivity index (χ1n) is 6.04. The van der Waals surface area contributed by atoms with E-state index in [9.17, 15) is 9.59 Å². The zero-order chi connectivity index (χ0) is 14.5. The number of hydrogen-bond donors (Lipinski definition) is 2. The Labute approximate surface area is 123 Å². The molecule has 2 aromatic rings. The summed E-state index contributed by atoms with van der Waals surface area (Å²) in [7, 11) is 0. The molecule has 5 heteroatoms. The van der Waals surface area contributed by atoms with Gasteiger partial charge in [0.1, 0.15) is 0 Å². The molecule has 2 aromatic carbocycles. The Balaban J connectivity index is 2.10. The van der Waals surface area contributed by atoms with Crippen LogP contribution in [0.15, 0.2) is 54.6 Å². The van der Waals surface area contributed by atoms with Crippen LogP contribution in [0.4, 0.5) is 10.5 Å². The van der Waals surface area contributed by atoms with Gasteiger partial charge in [0.25, 0.3) is 5.91 Å². The molecule has 102 valence electrons. The molecular weight excluding hydrogens is 272 g/mol. The third kappa shape index (κ3) is 3.19. The van der Waals surface area contributed by atoms with Gasteiger partial charge in [-0.15, -0.1) is 0 Å². The molecule has 0 aliphatic rings. The first kappa shape index (κ1) is 14.1. The number of benzene rings is 2. The Kier molecular flexibility index (Phi) is 4.42. The van der Waals surface area contributed by atoms with E-state index in [0.29, 0.717) is 11.3 Å². The van der Waals surface area contributed by atoms with E-state index >= 15 is 0 Å². The van der Waals surface area contributed by atoms with Gasteiger partial charge in [-0.2, -0.15) is 0 Å². The van der Waals surface area contributed by atoms with Crippen LogP contribution < -0.4 is 5.32 Å². The number of nitrogens with zero attached hydrogens (tertiary/aromatic N) is 1. The minimum Gasteiger partial charge on any atom is -0.306 e. The van der Waals surface area contributed by atoms with Crippen molar-refractivity contribution < 1.29 is 9.59 Å².